The minimum atomic E-state index is -0.386. The first-order valence-electron chi connectivity index (χ1n) is 3.95. The minimum absolute atomic E-state index is 0.0641. The van der Waals surface area contributed by atoms with Gasteiger partial charge in [0.05, 0.1) is 0 Å². The number of carbonyl (C=O) groups excluding carboxylic acids is 1. The molecule has 13 heavy (non-hydrogen) atoms. The molecule has 0 aliphatic heterocycles. The number of H-pyrrole nitrogens is 1. The Morgan fingerprint density at radius 2 is 2.15 bits per heavy atom. The lowest BCUT2D eigenvalue weighted by molar-refractivity contribution is -0.119. The van der Waals surface area contributed by atoms with Crippen LogP contribution in [-0.2, 0) is 11.3 Å². The lowest BCUT2D eigenvalue weighted by Gasteiger charge is -2.01. The van der Waals surface area contributed by atoms with Crippen molar-refractivity contribution in [2.75, 3.05) is 0 Å². The van der Waals surface area contributed by atoms with Gasteiger partial charge >= 0.3 is 0 Å². The molecule has 0 saturated heterocycles. The number of nitrogens with zero attached hydrogens (tertiary/aromatic N) is 1. The lowest BCUT2D eigenvalue weighted by atomic mass is 10.3. The highest BCUT2D eigenvalue weighted by Crippen LogP contribution is 1.82. The molecule has 1 heterocycles. The van der Waals surface area contributed by atoms with Gasteiger partial charge in [0.1, 0.15) is 6.54 Å². The molecule has 0 aliphatic rings. The second-order valence-corrected chi connectivity index (χ2v) is 2.63. The van der Waals surface area contributed by atoms with Crippen LogP contribution in [0.5, 0.6) is 0 Å². The minimum Gasteiger partial charge on any atom is -0.298 e. The monoisotopic (exact) mass is 182 g/mol. The van der Waals surface area contributed by atoms with Crippen LogP contribution < -0.4 is 11.1 Å². The van der Waals surface area contributed by atoms with E-state index in [1.807, 2.05) is 0 Å². The fourth-order valence-corrected chi connectivity index (χ4v) is 0.868. The van der Waals surface area contributed by atoms with Crippen molar-refractivity contribution in [1.29, 1.82) is 0 Å². The summed E-state index contributed by atoms with van der Waals surface area (Å²) in [7, 11) is 0. The molecule has 0 atom stereocenters. The van der Waals surface area contributed by atoms with Crippen LogP contribution in [0.25, 0.3) is 0 Å². The van der Waals surface area contributed by atoms with Crippen molar-refractivity contribution in [3.63, 3.8) is 0 Å². The topological polar surface area (TPSA) is 71.9 Å². The summed E-state index contributed by atoms with van der Waals surface area (Å²) in [5.74, 6) is -0.0936. The molecule has 1 N–H and O–H groups in total. The SMILES string of the molecule is CCC(=O)Cn1[nH]c(=O)ccc1=O. The molecule has 0 unspecified atom stereocenters. The van der Waals surface area contributed by atoms with E-state index in [0.717, 1.165) is 16.8 Å². The van der Waals surface area contributed by atoms with E-state index in [1.54, 1.807) is 6.92 Å². The Balaban J connectivity index is 3.01. The molecule has 0 saturated carbocycles. The Labute approximate surface area is 74.0 Å². The molecule has 5 nitrogen and oxygen atoms in total. The van der Waals surface area contributed by atoms with Crippen molar-refractivity contribution in [3.05, 3.63) is 32.8 Å². The number of carbonyl (C=O) groups is 1. The second kappa shape index (κ2) is 3.84. The van der Waals surface area contributed by atoms with E-state index in [-0.39, 0.29) is 23.4 Å². The molecule has 1 aromatic rings. The molecule has 0 aromatic carbocycles. The third-order valence-electron chi connectivity index (χ3n) is 1.62. The molecule has 0 amide bonds. The maximum atomic E-state index is 11.1. The zero-order valence-electron chi connectivity index (χ0n) is 7.24. The van der Waals surface area contributed by atoms with Gasteiger partial charge in [-0.2, -0.15) is 0 Å². The summed E-state index contributed by atoms with van der Waals surface area (Å²) in [5, 5.41) is 2.27. The normalized spacial score (nSPS) is 9.92. The summed E-state index contributed by atoms with van der Waals surface area (Å²) in [6.45, 7) is 1.64. The van der Waals surface area contributed by atoms with Gasteiger partial charge in [0.15, 0.2) is 5.78 Å². The van der Waals surface area contributed by atoms with E-state index in [4.69, 9.17) is 0 Å². The first kappa shape index (κ1) is 9.44. The molecule has 5 heteroatoms. The molecule has 0 spiro atoms. The molecule has 0 bridgehead atoms. The summed E-state index contributed by atoms with van der Waals surface area (Å²) < 4.78 is 1.01. The van der Waals surface area contributed by atoms with E-state index in [1.165, 1.54) is 0 Å². The molecule has 1 aromatic heterocycles. The number of hydrogen-bond acceptors (Lipinski definition) is 3. The third-order valence-corrected chi connectivity index (χ3v) is 1.62. The fourth-order valence-electron chi connectivity index (χ4n) is 0.868. The summed E-state index contributed by atoms with van der Waals surface area (Å²) in [5.41, 5.74) is -0.759. The van der Waals surface area contributed by atoms with Crippen molar-refractivity contribution in [2.45, 2.75) is 19.9 Å². The Kier molecular flexibility index (Phi) is 2.79. The Hall–Kier alpha value is -1.65. The van der Waals surface area contributed by atoms with Crippen LogP contribution in [0.3, 0.4) is 0 Å². The summed E-state index contributed by atoms with van der Waals surface area (Å²) in [6, 6.07) is 2.27. The van der Waals surface area contributed by atoms with Gasteiger partial charge in [0.2, 0.25) is 0 Å². The quantitative estimate of drug-likeness (QED) is 0.686. The number of rotatable bonds is 3. The highest BCUT2D eigenvalue weighted by atomic mass is 16.2. The van der Waals surface area contributed by atoms with Crippen molar-refractivity contribution < 1.29 is 4.79 Å². The number of aromatic nitrogens is 2. The number of aromatic amines is 1. The van der Waals surface area contributed by atoms with Gasteiger partial charge < -0.3 is 0 Å². The highest BCUT2D eigenvalue weighted by molar-refractivity contribution is 5.77. The van der Waals surface area contributed by atoms with Crippen LogP contribution in [0.4, 0.5) is 0 Å². The van der Waals surface area contributed by atoms with Gasteiger partial charge in [0.25, 0.3) is 11.1 Å². The van der Waals surface area contributed by atoms with Gasteiger partial charge in [-0.25, -0.2) is 4.68 Å². The van der Waals surface area contributed by atoms with Crippen LogP contribution in [0.15, 0.2) is 21.7 Å². The summed E-state index contributed by atoms with van der Waals surface area (Å²) >= 11 is 0. The van der Waals surface area contributed by atoms with Crippen LogP contribution in [0.1, 0.15) is 13.3 Å². The highest BCUT2D eigenvalue weighted by Gasteiger charge is 2.01. The maximum absolute atomic E-state index is 11.1. The number of Topliss-reactive ketones (excluding diaryl/α,β-unsaturated/α-hetero) is 1. The first-order valence-corrected chi connectivity index (χ1v) is 3.95. The third kappa shape index (κ3) is 2.40. The Bertz CT molecular complexity index is 416. The van der Waals surface area contributed by atoms with Crippen LogP contribution in [0, 0.1) is 0 Å². The van der Waals surface area contributed by atoms with E-state index in [0.29, 0.717) is 6.42 Å². The van der Waals surface area contributed by atoms with E-state index in [2.05, 4.69) is 5.10 Å². The molecule has 1 rings (SSSR count). The van der Waals surface area contributed by atoms with E-state index < -0.39 is 0 Å². The largest absolute Gasteiger partial charge is 0.298 e. The fraction of sp³-hybridized carbons (Fsp3) is 0.375. The molecule has 0 aliphatic carbocycles. The first-order chi connectivity index (χ1) is 6.13. The van der Waals surface area contributed by atoms with Gasteiger partial charge in [-0.1, -0.05) is 6.92 Å². The van der Waals surface area contributed by atoms with Gasteiger partial charge in [-0.05, 0) is 0 Å². The average molecular weight is 182 g/mol. The van der Waals surface area contributed by atoms with Crippen molar-refractivity contribution in [2.24, 2.45) is 0 Å². The predicted molar refractivity (Wildman–Crippen MR) is 46.6 cm³/mol. The van der Waals surface area contributed by atoms with Crippen LogP contribution >= 0.6 is 0 Å². The summed E-state index contributed by atoms with van der Waals surface area (Å²) in [4.78, 5) is 32.8. The second-order valence-electron chi connectivity index (χ2n) is 2.63. The van der Waals surface area contributed by atoms with Gasteiger partial charge in [-0.3, -0.25) is 19.5 Å². The zero-order chi connectivity index (χ0) is 9.84. The smallest absolute Gasteiger partial charge is 0.265 e. The van der Waals surface area contributed by atoms with Gasteiger partial charge in [0, 0.05) is 18.6 Å². The molecular formula is C8H10N2O3. The number of ketones is 1. The Morgan fingerprint density at radius 1 is 1.46 bits per heavy atom. The molecule has 0 radical (unpaired) electrons. The van der Waals surface area contributed by atoms with Gasteiger partial charge in [-0.15, -0.1) is 0 Å². The Morgan fingerprint density at radius 3 is 2.77 bits per heavy atom. The number of hydrogen-bond donors (Lipinski definition) is 1. The predicted octanol–water partition coefficient (Wildman–Crippen LogP) is -0.484. The van der Waals surface area contributed by atoms with E-state index in [9.17, 15) is 14.4 Å². The maximum Gasteiger partial charge on any atom is 0.265 e. The molecular weight excluding hydrogens is 172 g/mol. The molecule has 0 fully saturated rings. The van der Waals surface area contributed by atoms with E-state index >= 15 is 0 Å². The van der Waals surface area contributed by atoms with Crippen molar-refractivity contribution >= 4 is 5.78 Å². The summed E-state index contributed by atoms with van der Waals surface area (Å²) in [6.07, 6.45) is 0.351. The van der Waals surface area contributed by atoms with Crippen LogP contribution in [-0.4, -0.2) is 15.6 Å². The van der Waals surface area contributed by atoms with Crippen molar-refractivity contribution in [3.8, 4) is 0 Å². The zero-order valence-corrected chi connectivity index (χ0v) is 7.24. The van der Waals surface area contributed by atoms with Crippen LogP contribution in [0.2, 0.25) is 0 Å². The lowest BCUT2D eigenvalue weighted by Crippen LogP contribution is -2.30. The molecule has 70 valence electrons. The average Bonchev–Trinajstić information content (AvgIpc) is 2.11. The standard InChI is InChI=1S/C8H10N2O3/c1-2-6(11)5-10-8(13)4-3-7(12)9-10/h3-4H,2,5H2,1H3,(H,9,12). The number of nitrogens with one attached hydrogen (secondary N) is 1. The van der Waals surface area contributed by atoms with Crippen molar-refractivity contribution in [1.82, 2.24) is 9.78 Å².